The average molecular weight is 554 g/mol. The fourth-order valence-corrected chi connectivity index (χ4v) is 7.56. The van der Waals surface area contributed by atoms with Gasteiger partial charge in [0.15, 0.2) is 5.82 Å². The summed E-state index contributed by atoms with van der Waals surface area (Å²) < 4.78 is 4.97. The van der Waals surface area contributed by atoms with Crippen LogP contribution >= 0.6 is 11.3 Å². The van der Waals surface area contributed by atoms with Crippen molar-refractivity contribution in [2.75, 3.05) is 0 Å². The largest absolute Gasteiger partial charge is 0.293 e. The molecule has 0 atom stereocenters. The fourth-order valence-electron chi connectivity index (χ4n) is 6.30. The summed E-state index contributed by atoms with van der Waals surface area (Å²) in [6.07, 6.45) is 0. The van der Waals surface area contributed by atoms with Gasteiger partial charge in [-0.2, -0.15) is 0 Å². The lowest BCUT2D eigenvalue weighted by molar-refractivity contribution is 1.05. The van der Waals surface area contributed by atoms with Crippen LogP contribution in [0.5, 0.6) is 0 Å². The van der Waals surface area contributed by atoms with Crippen LogP contribution in [-0.4, -0.2) is 14.5 Å². The van der Waals surface area contributed by atoms with Gasteiger partial charge >= 0.3 is 0 Å². The van der Waals surface area contributed by atoms with Crippen LogP contribution in [-0.2, 0) is 0 Å². The molecule has 42 heavy (non-hydrogen) atoms. The van der Waals surface area contributed by atoms with E-state index < -0.39 is 0 Å². The van der Waals surface area contributed by atoms with E-state index in [1.807, 2.05) is 35.6 Å². The normalized spacial score (nSPS) is 11.8. The van der Waals surface area contributed by atoms with Gasteiger partial charge in [-0.25, -0.2) is 9.97 Å². The molecule has 0 aliphatic rings. The molecule has 0 aliphatic heterocycles. The molecule has 3 nitrogen and oxygen atoms in total. The highest BCUT2D eigenvalue weighted by molar-refractivity contribution is 7.26. The first-order valence-corrected chi connectivity index (χ1v) is 14.9. The topological polar surface area (TPSA) is 30.7 Å². The smallest absolute Gasteiger partial charge is 0.162 e. The van der Waals surface area contributed by atoms with Crippen molar-refractivity contribution in [3.05, 3.63) is 140 Å². The molecule has 0 aliphatic carbocycles. The van der Waals surface area contributed by atoms with Gasteiger partial charge in [-0.1, -0.05) is 121 Å². The number of aromatic nitrogens is 3. The van der Waals surface area contributed by atoms with Crippen LogP contribution in [0.4, 0.5) is 0 Å². The Balaban J connectivity index is 1.47. The second-order valence-corrected chi connectivity index (χ2v) is 11.7. The molecule has 3 heterocycles. The number of para-hydroxylation sites is 1. The molecule has 0 saturated carbocycles. The van der Waals surface area contributed by atoms with E-state index in [0.29, 0.717) is 5.82 Å². The molecule has 0 saturated heterocycles. The van der Waals surface area contributed by atoms with Crippen LogP contribution in [0, 0.1) is 0 Å². The Hall–Kier alpha value is -5.32. The predicted molar refractivity (Wildman–Crippen MR) is 178 cm³/mol. The molecule has 0 fully saturated rings. The third-order valence-corrected chi connectivity index (χ3v) is 9.41. The molecule has 0 bridgehead atoms. The highest BCUT2D eigenvalue weighted by Gasteiger charge is 2.20. The molecule has 9 aromatic rings. The Morgan fingerprint density at radius 3 is 2.00 bits per heavy atom. The van der Waals surface area contributed by atoms with Crippen LogP contribution in [0.2, 0.25) is 0 Å². The number of hydrogen-bond acceptors (Lipinski definition) is 3. The van der Waals surface area contributed by atoms with Gasteiger partial charge in [-0.3, -0.25) is 4.57 Å². The number of rotatable bonds is 3. The van der Waals surface area contributed by atoms with Crippen LogP contribution in [0.1, 0.15) is 0 Å². The van der Waals surface area contributed by atoms with Crippen molar-refractivity contribution in [1.82, 2.24) is 14.5 Å². The van der Waals surface area contributed by atoms with Crippen LogP contribution in [0.15, 0.2) is 140 Å². The summed E-state index contributed by atoms with van der Waals surface area (Å²) in [5, 5.41) is 7.54. The Morgan fingerprint density at radius 1 is 0.524 bits per heavy atom. The van der Waals surface area contributed by atoms with Crippen molar-refractivity contribution >= 4 is 64.1 Å². The molecule has 196 valence electrons. The first-order valence-electron chi connectivity index (χ1n) is 14.1. The molecule has 3 aromatic heterocycles. The Kier molecular flexibility index (Phi) is 5.07. The van der Waals surface area contributed by atoms with E-state index >= 15 is 0 Å². The molecule has 4 heteroatoms. The van der Waals surface area contributed by atoms with Gasteiger partial charge in [0.05, 0.1) is 16.7 Å². The molecule has 0 radical (unpaired) electrons. The minimum atomic E-state index is 0.713. The molecular weight excluding hydrogens is 531 g/mol. The van der Waals surface area contributed by atoms with Crippen molar-refractivity contribution in [3.8, 4) is 28.5 Å². The second kappa shape index (κ2) is 9.10. The second-order valence-electron chi connectivity index (χ2n) is 10.6. The van der Waals surface area contributed by atoms with E-state index in [1.165, 1.54) is 47.2 Å². The quantitative estimate of drug-likeness (QED) is 0.218. The predicted octanol–water partition coefficient (Wildman–Crippen LogP) is 10.4. The minimum Gasteiger partial charge on any atom is -0.293 e. The third-order valence-electron chi connectivity index (χ3n) is 8.20. The van der Waals surface area contributed by atoms with E-state index in [2.05, 4.69) is 120 Å². The van der Waals surface area contributed by atoms with Crippen molar-refractivity contribution in [3.63, 3.8) is 0 Å². The summed E-state index contributed by atoms with van der Waals surface area (Å²) >= 11 is 1.87. The molecule has 0 unspecified atom stereocenters. The van der Waals surface area contributed by atoms with Gasteiger partial charge in [0.2, 0.25) is 0 Å². The summed E-state index contributed by atoms with van der Waals surface area (Å²) in [5.74, 6) is 1.57. The average Bonchev–Trinajstić information content (AvgIpc) is 3.61. The number of thiophene rings is 1. The Labute approximate surface area is 246 Å². The van der Waals surface area contributed by atoms with E-state index in [9.17, 15) is 0 Å². The summed E-state index contributed by atoms with van der Waals surface area (Å²) in [5.41, 5.74) is 5.28. The number of hydrogen-bond donors (Lipinski definition) is 0. The maximum absolute atomic E-state index is 5.26. The molecule has 6 aromatic carbocycles. The molecule has 0 spiro atoms. The van der Waals surface area contributed by atoms with E-state index in [-0.39, 0.29) is 0 Å². The molecule has 9 rings (SSSR count). The number of benzene rings is 6. The zero-order chi connectivity index (χ0) is 27.6. The van der Waals surface area contributed by atoms with E-state index in [0.717, 1.165) is 28.2 Å². The number of nitrogens with zero attached hydrogens (tertiary/aromatic N) is 3. The van der Waals surface area contributed by atoms with Gasteiger partial charge in [-0.05, 0) is 17.5 Å². The summed E-state index contributed by atoms with van der Waals surface area (Å²) in [6.45, 7) is 0. The summed E-state index contributed by atoms with van der Waals surface area (Å²) in [6, 6.07) is 49.3. The molecular formula is C38H23N3S. The highest BCUT2D eigenvalue weighted by Crippen LogP contribution is 2.44. The van der Waals surface area contributed by atoms with E-state index in [1.54, 1.807) is 0 Å². The zero-order valence-corrected chi connectivity index (χ0v) is 23.3. The summed E-state index contributed by atoms with van der Waals surface area (Å²) in [7, 11) is 0. The van der Waals surface area contributed by atoms with Crippen LogP contribution < -0.4 is 0 Å². The summed E-state index contributed by atoms with van der Waals surface area (Å²) in [4.78, 5) is 10.3. The standard InChI is InChI=1S/C38H23N3S/c1-3-11-24(12-4-1)31-23-34(40-38(39-31)26-13-5-2-6-14-26)41-32-17-9-7-15-27(32)29-21-19-25-20-22-30-28-16-8-10-18-33(28)42-37(30)35(25)36(29)41/h1-23H. The maximum Gasteiger partial charge on any atom is 0.162 e. The van der Waals surface area contributed by atoms with Gasteiger partial charge in [-0.15, -0.1) is 11.3 Å². The lowest BCUT2D eigenvalue weighted by Gasteiger charge is -2.13. The monoisotopic (exact) mass is 553 g/mol. The molecule has 0 N–H and O–H groups in total. The van der Waals surface area contributed by atoms with Gasteiger partial charge in [0, 0.05) is 53.5 Å². The molecule has 0 amide bonds. The van der Waals surface area contributed by atoms with Gasteiger partial charge in [0.25, 0.3) is 0 Å². The first kappa shape index (κ1) is 23.4. The first-order chi connectivity index (χ1) is 20.8. The van der Waals surface area contributed by atoms with Crippen LogP contribution in [0.25, 0.3) is 81.2 Å². The van der Waals surface area contributed by atoms with Gasteiger partial charge < -0.3 is 0 Å². The lowest BCUT2D eigenvalue weighted by atomic mass is 10.0. The maximum atomic E-state index is 5.26. The van der Waals surface area contributed by atoms with Crippen LogP contribution in [0.3, 0.4) is 0 Å². The Morgan fingerprint density at radius 2 is 1.19 bits per heavy atom. The SMILES string of the molecule is c1ccc(-c2cc(-n3c4ccccc4c4ccc5ccc6c7ccccc7sc6c5c43)nc(-c3ccccc3)n2)cc1. The van der Waals surface area contributed by atoms with Gasteiger partial charge in [0.1, 0.15) is 5.82 Å². The fraction of sp³-hybridized carbons (Fsp3) is 0. The minimum absolute atomic E-state index is 0.713. The third kappa shape index (κ3) is 3.46. The lowest BCUT2D eigenvalue weighted by Crippen LogP contribution is -2.02. The highest BCUT2D eigenvalue weighted by atomic mass is 32.1. The van der Waals surface area contributed by atoms with Crippen molar-refractivity contribution in [1.29, 1.82) is 0 Å². The van der Waals surface area contributed by atoms with Crippen molar-refractivity contribution < 1.29 is 0 Å². The van der Waals surface area contributed by atoms with Crippen molar-refractivity contribution in [2.45, 2.75) is 0 Å². The number of fused-ring (bicyclic) bond motifs is 9. The van der Waals surface area contributed by atoms with Crippen molar-refractivity contribution in [2.24, 2.45) is 0 Å². The van der Waals surface area contributed by atoms with E-state index in [4.69, 9.17) is 9.97 Å². The zero-order valence-electron chi connectivity index (χ0n) is 22.5. The Bertz CT molecular complexity index is 2390.